The third kappa shape index (κ3) is 2.24. The van der Waals surface area contributed by atoms with Gasteiger partial charge in [-0.3, -0.25) is 5.84 Å². The lowest BCUT2D eigenvalue weighted by molar-refractivity contribution is 0.647. The molecule has 0 saturated carbocycles. The molecular weight excluding hydrogens is 263 g/mol. The van der Waals surface area contributed by atoms with E-state index in [2.05, 4.69) is 5.43 Å². The summed E-state index contributed by atoms with van der Waals surface area (Å²) in [6.45, 7) is 0. The van der Waals surface area contributed by atoms with Crippen LogP contribution in [0.3, 0.4) is 0 Å². The fraction of sp³-hybridized carbons (Fsp3) is 0.0909. The van der Waals surface area contributed by atoms with Crippen LogP contribution in [0.5, 0.6) is 0 Å². The Bertz CT molecular complexity index is 484. The zero-order valence-electron chi connectivity index (χ0n) is 8.28. The smallest absolute Gasteiger partial charge is 0.0831 e. The van der Waals surface area contributed by atoms with Crippen LogP contribution in [0.25, 0.3) is 0 Å². The molecule has 0 aliphatic carbocycles. The van der Waals surface area contributed by atoms with Gasteiger partial charge in [0.1, 0.15) is 0 Å². The van der Waals surface area contributed by atoms with E-state index in [-0.39, 0.29) is 6.04 Å². The Labute approximate surface area is 108 Å². The number of hydrazine groups is 1. The molecule has 0 bridgehead atoms. The first-order valence-electron chi connectivity index (χ1n) is 4.67. The van der Waals surface area contributed by atoms with Crippen LogP contribution >= 0.6 is 34.5 Å². The molecule has 0 aliphatic heterocycles. The van der Waals surface area contributed by atoms with Crippen molar-refractivity contribution in [3.05, 3.63) is 56.2 Å². The van der Waals surface area contributed by atoms with Crippen molar-refractivity contribution in [1.29, 1.82) is 0 Å². The Morgan fingerprint density at radius 3 is 2.44 bits per heavy atom. The quantitative estimate of drug-likeness (QED) is 0.662. The maximum absolute atomic E-state index is 6.13. The van der Waals surface area contributed by atoms with Crippen molar-refractivity contribution < 1.29 is 0 Å². The third-order valence-electron chi connectivity index (χ3n) is 2.29. The summed E-state index contributed by atoms with van der Waals surface area (Å²) in [4.78, 5) is 0.970. The molecule has 1 atom stereocenters. The van der Waals surface area contributed by atoms with Crippen molar-refractivity contribution in [2.45, 2.75) is 6.04 Å². The summed E-state index contributed by atoms with van der Waals surface area (Å²) >= 11 is 13.8. The summed E-state index contributed by atoms with van der Waals surface area (Å²) in [5, 5.41) is 3.31. The van der Waals surface area contributed by atoms with E-state index in [0.717, 1.165) is 10.4 Å². The van der Waals surface area contributed by atoms with Crippen LogP contribution in [-0.2, 0) is 0 Å². The minimum atomic E-state index is -0.166. The van der Waals surface area contributed by atoms with E-state index >= 15 is 0 Å². The molecule has 16 heavy (non-hydrogen) atoms. The van der Waals surface area contributed by atoms with Gasteiger partial charge < -0.3 is 0 Å². The Balaban J connectivity index is 2.45. The molecule has 3 N–H and O–H groups in total. The molecule has 2 aromatic rings. The Morgan fingerprint density at radius 2 is 1.88 bits per heavy atom. The summed E-state index contributed by atoms with van der Waals surface area (Å²) in [6, 6.07) is 9.26. The van der Waals surface area contributed by atoms with Crippen molar-refractivity contribution in [2.75, 3.05) is 0 Å². The summed E-state index contributed by atoms with van der Waals surface area (Å²) < 4.78 is 0. The van der Waals surface area contributed by atoms with Gasteiger partial charge in [0.25, 0.3) is 0 Å². The number of halogens is 2. The summed E-state index contributed by atoms with van der Waals surface area (Å²) in [5.74, 6) is 5.57. The Morgan fingerprint density at radius 1 is 1.12 bits per heavy atom. The molecular formula is C11H10Cl2N2S. The maximum atomic E-state index is 6.13. The van der Waals surface area contributed by atoms with Crippen molar-refractivity contribution in [1.82, 2.24) is 5.43 Å². The second kappa shape index (κ2) is 5.17. The summed E-state index contributed by atoms with van der Waals surface area (Å²) in [6.07, 6.45) is 0. The first-order valence-corrected chi connectivity index (χ1v) is 6.31. The number of thiophene rings is 1. The van der Waals surface area contributed by atoms with E-state index in [1.807, 2.05) is 35.7 Å². The predicted molar refractivity (Wildman–Crippen MR) is 69.9 cm³/mol. The number of hydrogen-bond donors (Lipinski definition) is 2. The predicted octanol–water partition coefficient (Wildman–Crippen LogP) is 3.61. The fourth-order valence-corrected chi connectivity index (χ4v) is 3.02. The van der Waals surface area contributed by atoms with Gasteiger partial charge >= 0.3 is 0 Å². The summed E-state index contributed by atoms with van der Waals surface area (Å²) in [7, 11) is 0. The lowest BCUT2D eigenvalue weighted by Crippen LogP contribution is -2.28. The van der Waals surface area contributed by atoms with Crippen LogP contribution in [0.1, 0.15) is 16.5 Å². The van der Waals surface area contributed by atoms with Crippen LogP contribution in [0.15, 0.2) is 35.7 Å². The number of nitrogens with one attached hydrogen (secondary N) is 1. The van der Waals surface area contributed by atoms with Gasteiger partial charge in [0.05, 0.1) is 11.1 Å². The largest absolute Gasteiger partial charge is 0.271 e. The van der Waals surface area contributed by atoms with Gasteiger partial charge in [-0.15, -0.1) is 11.3 Å². The van der Waals surface area contributed by atoms with Crippen molar-refractivity contribution in [2.24, 2.45) is 5.84 Å². The van der Waals surface area contributed by atoms with E-state index in [0.29, 0.717) is 10.0 Å². The van der Waals surface area contributed by atoms with Gasteiger partial charge in [-0.25, -0.2) is 5.43 Å². The topological polar surface area (TPSA) is 38.0 Å². The molecule has 2 rings (SSSR count). The molecule has 0 fully saturated rings. The lowest BCUT2D eigenvalue weighted by atomic mass is 10.1. The van der Waals surface area contributed by atoms with E-state index in [1.54, 1.807) is 11.3 Å². The molecule has 84 valence electrons. The molecule has 0 spiro atoms. The average molecular weight is 273 g/mol. The molecule has 0 aliphatic rings. The van der Waals surface area contributed by atoms with Crippen molar-refractivity contribution >= 4 is 34.5 Å². The SMILES string of the molecule is NNC(c1ccccc1Cl)c1sccc1Cl. The molecule has 0 saturated heterocycles. The van der Waals surface area contributed by atoms with E-state index in [9.17, 15) is 0 Å². The van der Waals surface area contributed by atoms with Crippen LogP contribution < -0.4 is 11.3 Å². The molecule has 0 radical (unpaired) electrons. The number of rotatable bonds is 3. The van der Waals surface area contributed by atoms with Gasteiger partial charge in [0.2, 0.25) is 0 Å². The van der Waals surface area contributed by atoms with Crippen molar-refractivity contribution in [3.8, 4) is 0 Å². The van der Waals surface area contributed by atoms with Gasteiger partial charge in [0.15, 0.2) is 0 Å². The third-order valence-corrected chi connectivity index (χ3v) is 4.06. The van der Waals surface area contributed by atoms with Gasteiger partial charge in [-0.2, -0.15) is 0 Å². The normalized spacial score (nSPS) is 12.7. The molecule has 5 heteroatoms. The number of hydrogen-bond acceptors (Lipinski definition) is 3. The Hall–Kier alpha value is -0.580. The zero-order valence-corrected chi connectivity index (χ0v) is 10.6. The van der Waals surface area contributed by atoms with Crippen molar-refractivity contribution in [3.63, 3.8) is 0 Å². The highest BCUT2D eigenvalue weighted by Crippen LogP contribution is 2.34. The minimum Gasteiger partial charge on any atom is -0.271 e. The highest BCUT2D eigenvalue weighted by molar-refractivity contribution is 7.10. The first-order chi connectivity index (χ1) is 7.74. The van der Waals surface area contributed by atoms with E-state index in [1.165, 1.54) is 0 Å². The molecule has 2 nitrogen and oxygen atoms in total. The van der Waals surface area contributed by atoms with Crippen LogP contribution in [-0.4, -0.2) is 0 Å². The fourth-order valence-electron chi connectivity index (χ4n) is 1.53. The van der Waals surface area contributed by atoms with Crippen LogP contribution in [0.4, 0.5) is 0 Å². The molecule has 1 heterocycles. The molecule has 1 aromatic heterocycles. The average Bonchev–Trinajstić information content (AvgIpc) is 2.69. The second-order valence-electron chi connectivity index (χ2n) is 3.25. The van der Waals surface area contributed by atoms with E-state index < -0.39 is 0 Å². The number of benzene rings is 1. The van der Waals surface area contributed by atoms with Gasteiger partial charge in [0, 0.05) is 9.90 Å². The molecule has 1 unspecified atom stereocenters. The van der Waals surface area contributed by atoms with Gasteiger partial charge in [-0.05, 0) is 23.1 Å². The van der Waals surface area contributed by atoms with Gasteiger partial charge in [-0.1, -0.05) is 41.4 Å². The lowest BCUT2D eigenvalue weighted by Gasteiger charge is -2.16. The second-order valence-corrected chi connectivity index (χ2v) is 5.02. The zero-order chi connectivity index (χ0) is 11.5. The standard InChI is InChI=1S/C11H10Cl2N2S/c12-8-4-2-1-3-7(8)10(15-14)11-9(13)5-6-16-11/h1-6,10,15H,14H2. The maximum Gasteiger partial charge on any atom is 0.0831 e. The number of nitrogens with two attached hydrogens (primary N) is 1. The molecule has 1 aromatic carbocycles. The van der Waals surface area contributed by atoms with Crippen LogP contribution in [0, 0.1) is 0 Å². The van der Waals surface area contributed by atoms with E-state index in [4.69, 9.17) is 29.0 Å². The monoisotopic (exact) mass is 272 g/mol. The highest BCUT2D eigenvalue weighted by Gasteiger charge is 2.18. The highest BCUT2D eigenvalue weighted by atomic mass is 35.5. The summed E-state index contributed by atoms with van der Waals surface area (Å²) in [5.41, 5.74) is 3.67. The first kappa shape index (κ1) is 11.9. The Kier molecular flexibility index (Phi) is 3.84. The molecule has 0 amide bonds. The van der Waals surface area contributed by atoms with Crippen LogP contribution in [0.2, 0.25) is 10.0 Å². The minimum absolute atomic E-state index is 0.166.